The molecule has 1 aromatic heterocycles. The van der Waals surface area contributed by atoms with Gasteiger partial charge in [0.05, 0.1) is 12.1 Å². The molecule has 0 aliphatic carbocycles. The zero-order chi connectivity index (χ0) is 17.6. The minimum atomic E-state index is 0.0905. The van der Waals surface area contributed by atoms with E-state index in [1.807, 2.05) is 13.8 Å². The number of hydrogen-bond acceptors (Lipinski definition) is 3. The molecule has 2 aromatic rings. The third-order valence-electron chi connectivity index (χ3n) is 5.06. The summed E-state index contributed by atoms with van der Waals surface area (Å²) in [6.07, 6.45) is 2.80. The number of nitrogens with zero attached hydrogens (tertiary/aromatic N) is 2. The Balaban J connectivity index is 1.45. The molecule has 134 valence electrons. The van der Waals surface area contributed by atoms with Crippen LogP contribution in [0, 0.1) is 19.8 Å². The van der Waals surface area contributed by atoms with Crippen LogP contribution in [0.3, 0.4) is 0 Å². The van der Waals surface area contributed by atoms with Crippen molar-refractivity contribution in [3.63, 3.8) is 0 Å². The molecule has 0 saturated carbocycles. The fourth-order valence-corrected chi connectivity index (χ4v) is 3.62. The van der Waals surface area contributed by atoms with Gasteiger partial charge in [-0.25, -0.2) is 0 Å². The summed E-state index contributed by atoms with van der Waals surface area (Å²) in [5, 5.41) is 10.2. The number of likely N-dealkylation sites (tertiary alicyclic amines) is 1. The molecule has 5 heteroatoms. The number of aryl methyl sites for hydroxylation is 2. The van der Waals surface area contributed by atoms with Crippen molar-refractivity contribution in [2.24, 2.45) is 5.92 Å². The van der Waals surface area contributed by atoms with E-state index in [0.717, 1.165) is 43.1 Å². The highest BCUT2D eigenvalue weighted by molar-refractivity contribution is 5.79. The van der Waals surface area contributed by atoms with Gasteiger partial charge in [0.1, 0.15) is 0 Å². The highest BCUT2D eigenvalue weighted by atomic mass is 16.1. The van der Waals surface area contributed by atoms with Crippen LogP contribution in [0.2, 0.25) is 0 Å². The topological polar surface area (TPSA) is 61.0 Å². The first-order chi connectivity index (χ1) is 12.1. The molecule has 3 rings (SSSR count). The molecule has 25 heavy (non-hydrogen) atoms. The fourth-order valence-electron chi connectivity index (χ4n) is 3.62. The first-order valence-electron chi connectivity index (χ1n) is 9.15. The van der Waals surface area contributed by atoms with Gasteiger partial charge in [0.25, 0.3) is 0 Å². The molecular weight excluding hydrogens is 312 g/mol. The molecule has 1 saturated heterocycles. The molecule has 1 fully saturated rings. The molecule has 0 unspecified atom stereocenters. The second-order valence-electron chi connectivity index (χ2n) is 7.12. The van der Waals surface area contributed by atoms with Gasteiger partial charge in [-0.3, -0.25) is 14.8 Å². The Morgan fingerprint density at radius 1 is 1.32 bits per heavy atom. The average Bonchev–Trinajstić information content (AvgIpc) is 2.93. The van der Waals surface area contributed by atoms with Gasteiger partial charge in [0, 0.05) is 30.9 Å². The molecule has 2 heterocycles. The van der Waals surface area contributed by atoms with Crippen LogP contribution in [0.4, 0.5) is 0 Å². The van der Waals surface area contributed by atoms with E-state index in [2.05, 4.69) is 50.7 Å². The number of aromatic amines is 1. The Kier molecular flexibility index (Phi) is 5.87. The van der Waals surface area contributed by atoms with Gasteiger partial charge in [-0.2, -0.15) is 5.10 Å². The van der Waals surface area contributed by atoms with Crippen LogP contribution < -0.4 is 5.32 Å². The largest absolute Gasteiger partial charge is 0.355 e. The lowest BCUT2D eigenvalue weighted by Crippen LogP contribution is -2.40. The Hall–Kier alpha value is -2.14. The van der Waals surface area contributed by atoms with Crippen molar-refractivity contribution in [3.8, 4) is 0 Å². The predicted octanol–water partition coefficient (Wildman–Crippen LogP) is 2.60. The number of nitrogens with one attached hydrogen (secondary N) is 2. The van der Waals surface area contributed by atoms with Crippen LogP contribution in [0.25, 0.3) is 0 Å². The molecule has 0 radical (unpaired) electrons. The van der Waals surface area contributed by atoms with Crippen molar-refractivity contribution in [1.82, 2.24) is 20.4 Å². The van der Waals surface area contributed by atoms with Crippen molar-refractivity contribution in [1.29, 1.82) is 0 Å². The second-order valence-corrected chi connectivity index (χ2v) is 7.12. The maximum Gasteiger partial charge on any atom is 0.224 e. The van der Waals surface area contributed by atoms with Crippen molar-refractivity contribution in [2.75, 3.05) is 19.6 Å². The molecular formula is C20H28N4O. The number of amides is 1. The number of carbonyl (C=O) groups excluding carboxylic acids is 1. The summed E-state index contributed by atoms with van der Waals surface area (Å²) in [4.78, 5) is 14.8. The van der Waals surface area contributed by atoms with Crippen molar-refractivity contribution in [3.05, 3.63) is 52.8 Å². The first kappa shape index (κ1) is 17.7. The monoisotopic (exact) mass is 340 g/mol. The van der Waals surface area contributed by atoms with Gasteiger partial charge < -0.3 is 5.32 Å². The lowest BCUT2D eigenvalue weighted by molar-refractivity contribution is -0.120. The van der Waals surface area contributed by atoms with E-state index in [1.54, 1.807) is 0 Å². The predicted molar refractivity (Wildman–Crippen MR) is 99.2 cm³/mol. The number of rotatable bonds is 6. The Labute approximate surface area is 149 Å². The normalized spacial score (nSPS) is 18.2. The molecule has 5 nitrogen and oxygen atoms in total. The molecule has 2 N–H and O–H groups in total. The zero-order valence-corrected chi connectivity index (χ0v) is 15.2. The van der Waals surface area contributed by atoms with Crippen LogP contribution in [0.15, 0.2) is 30.3 Å². The number of hydrogen-bond donors (Lipinski definition) is 2. The Morgan fingerprint density at radius 2 is 2.12 bits per heavy atom. The molecule has 0 bridgehead atoms. The maximum absolute atomic E-state index is 12.3. The van der Waals surface area contributed by atoms with E-state index in [-0.39, 0.29) is 5.91 Å². The summed E-state index contributed by atoms with van der Waals surface area (Å²) in [7, 11) is 0. The molecule has 1 aliphatic heterocycles. The summed E-state index contributed by atoms with van der Waals surface area (Å²) in [6, 6.07) is 10.6. The first-order valence-corrected chi connectivity index (χ1v) is 9.15. The van der Waals surface area contributed by atoms with Gasteiger partial charge >= 0.3 is 0 Å². The highest BCUT2D eigenvalue weighted by Crippen LogP contribution is 2.18. The summed E-state index contributed by atoms with van der Waals surface area (Å²) in [5.41, 5.74) is 4.28. The number of benzene rings is 1. The van der Waals surface area contributed by atoms with E-state index in [9.17, 15) is 4.79 Å². The fraction of sp³-hybridized carbons (Fsp3) is 0.500. The molecule has 1 aromatic carbocycles. The van der Waals surface area contributed by atoms with Gasteiger partial charge in [-0.1, -0.05) is 30.3 Å². The van der Waals surface area contributed by atoms with Gasteiger partial charge in [0.15, 0.2) is 0 Å². The average molecular weight is 340 g/mol. The summed E-state index contributed by atoms with van der Waals surface area (Å²) in [5.74, 6) is 0.626. The number of carbonyl (C=O) groups is 1. The van der Waals surface area contributed by atoms with Crippen molar-refractivity contribution in [2.45, 2.75) is 39.7 Å². The standard InChI is InChI=1S/C20H28N4O/c1-15-19(16(2)23-22-15)11-20(25)21-12-18-9-6-10-24(14-18)13-17-7-4-3-5-8-17/h3-5,7-8,18H,6,9-14H2,1-2H3,(H,21,25)(H,22,23)/t18-/m1/s1. The summed E-state index contributed by atoms with van der Waals surface area (Å²) in [6.45, 7) is 7.87. The second kappa shape index (κ2) is 8.30. The molecule has 1 amide bonds. The summed E-state index contributed by atoms with van der Waals surface area (Å²) < 4.78 is 0. The van der Waals surface area contributed by atoms with E-state index in [0.29, 0.717) is 12.3 Å². The van der Waals surface area contributed by atoms with E-state index in [4.69, 9.17) is 0 Å². The lowest BCUT2D eigenvalue weighted by atomic mass is 9.97. The van der Waals surface area contributed by atoms with Crippen LogP contribution in [0.5, 0.6) is 0 Å². The van der Waals surface area contributed by atoms with E-state index in [1.165, 1.54) is 18.4 Å². The van der Waals surface area contributed by atoms with Gasteiger partial charge in [-0.05, 0) is 44.7 Å². The number of aromatic nitrogens is 2. The third kappa shape index (κ3) is 4.92. The Morgan fingerprint density at radius 3 is 2.84 bits per heavy atom. The van der Waals surface area contributed by atoms with Crippen molar-refractivity contribution < 1.29 is 4.79 Å². The van der Waals surface area contributed by atoms with Gasteiger partial charge in [-0.15, -0.1) is 0 Å². The quantitative estimate of drug-likeness (QED) is 0.850. The number of piperidine rings is 1. The van der Waals surface area contributed by atoms with E-state index >= 15 is 0 Å². The molecule has 1 atom stereocenters. The zero-order valence-electron chi connectivity index (χ0n) is 15.2. The van der Waals surface area contributed by atoms with Gasteiger partial charge in [0.2, 0.25) is 5.91 Å². The van der Waals surface area contributed by atoms with Crippen LogP contribution in [-0.2, 0) is 17.8 Å². The molecule has 0 spiro atoms. The summed E-state index contributed by atoms with van der Waals surface area (Å²) >= 11 is 0. The van der Waals surface area contributed by atoms with Crippen LogP contribution >= 0.6 is 0 Å². The smallest absolute Gasteiger partial charge is 0.224 e. The minimum Gasteiger partial charge on any atom is -0.355 e. The van der Waals surface area contributed by atoms with E-state index < -0.39 is 0 Å². The van der Waals surface area contributed by atoms with Crippen LogP contribution in [-0.4, -0.2) is 40.6 Å². The molecule has 1 aliphatic rings. The minimum absolute atomic E-state index is 0.0905. The Bertz CT molecular complexity index is 675. The third-order valence-corrected chi connectivity index (χ3v) is 5.06. The highest BCUT2D eigenvalue weighted by Gasteiger charge is 2.21. The SMILES string of the molecule is Cc1n[nH]c(C)c1CC(=O)NC[C@H]1CCCN(Cc2ccccc2)C1. The number of H-pyrrole nitrogens is 1. The van der Waals surface area contributed by atoms with Crippen molar-refractivity contribution >= 4 is 5.91 Å². The van der Waals surface area contributed by atoms with Crippen LogP contribution in [0.1, 0.15) is 35.4 Å². The maximum atomic E-state index is 12.3. The lowest BCUT2D eigenvalue weighted by Gasteiger charge is -2.32.